The second-order valence-corrected chi connectivity index (χ2v) is 10.9. The minimum Gasteiger partial charge on any atom is -0.371 e. The average molecular weight is 398 g/mol. The van der Waals surface area contributed by atoms with E-state index < -0.39 is 10.0 Å². The minimum atomic E-state index is -3.43. The van der Waals surface area contributed by atoms with E-state index in [0.717, 1.165) is 22.9 Å². The molecule has 0 amide bonds. The monoisotopic (exact) mass is 397 g/mol. The van der Waals surface area contributed by atoms with Gasteiger partial charge < -0.3 is 4.74 Å². The van der Waals surface area contributed by atoms with E-state index in [9.17, 15) is 8.42 Å². The van der Waals surface area contributed by atoms with Crippen molar-refractivity contribution in [2.45, 2.75) is 35.7 Å². The number of aromatic nitrogens is 2. The summed E-state index contributed by atoms with van der Waals surface area (Å²) in [6, 6.07) is 3.24. The first-order valence-corrected chi connectivity index (χ1v) is 11.3. The SMILES string of the molecule is Cc1nc(COC2CSC3(C2)CN(S(=O)(=O)c2cccnc2)C3)cs1. The number of aryl methyl sites for hydroxylation is 1. The Hall–Kier alpha value is -1.00. The number of hydrogen-bond acceptors (Lipinski definition) is 7. The Kier molecular flexibility index (Phi) is 4.61. The maximum Gasteiger partial charge on any atom is 0.244 e. The lowest BCUT2D eigenvalue weighted by Crippen LogP contribution is -2.60. The van der Waals surface area contributed by atoms with Crippen LogP contribution >= 0.6 is 23.1 Å². The molecule has 2 aromatic rings. The van der Waals surface area contributed by atoms with Crippen LogP contribution in [-0.4, -0.2) is 52.4 Å². The summed E-state index contributed by atoms with van der Waals surface area (Å²) in [6.45, 7) is 3.61. The first-order valence-electron chi connectivity index (χ1n) is 8.04. The van der Waals surface area contributed by atoms with Crippen molar-refractivity contribution in [2.75, 3.05) is 18.8 Å². The van der Waals surface area contributed by atoms with E-state index in [1.807, 2.05) is 24.1 Å². The van der Waals surface area contributed by atoms with E-state index in [0.29, 0.717) is 19.7 Å². The van der Waals surface area contributed by atoms with Crippen molar-refractivity contribution in [1.82, 2.24) is 14.3 Å². The summed E-state index contributed by atoms with van der Waals surface area (Å²) in [4.78, 5) is 8.59. The van der Waals surface area contributed by atoms with E-state index in [-0.39, 0.29) is 15.7 Å². The summed E-state index contributed by atoms with van der Waals surface area (Å²) in [6.07, 6.45) is 4.04. The standard InChI is InChI=1S/C16H19N3O3S3/c1-12-18-13(8-23-12)7-22-14-5-16(24-9-14)10-19(11-16)25(20,21)15-3-2-4-17-6-15/h2-4,6,8,14H,5,7,9-11H2,1H3. The van der Waals surface area contributed by atoms with Crippen LogP contribution in [0.4, 0.5) is 0 Å². The average Bonchev–Trinajstić information content (AvgIpc) is 3.19. The fourth-order valence-electron chi connectivity index (χ4n) is 3.22. The highest BCUT2D eigenvalue weighted by molar-refractivity contribution is 8.01. The zero-order chi connectivity index (χ0) is 17.5. The van der Waals surface area contributed by atoms with E-state index in [4.69, 9.17) is 4.74 Å². The normalized spacial score (nSPS) is 23.0. The summed E-state index contributed by atoms with van der Waals surface area (Å²) in [5.74, 6) is 0.907. The molecule has 2 aliphatic rings. The van der Waals surface area contributed by atoms with Gasteiger partial charge in [0.2, 0.25) is 10.0 Å². The van der Waals surface area contributed by atoms with Gasteiger partial charge in [0.25, 0.3) is 0 Å². The molecule has 0 aromatic carbocycles. The molecule has 1 spiro atoms. The lowest BCUT2D eigenvalue weighted by Gasteiger charge is -2.46. The van der Waals surface area contributed by atoms with Crippen LogP contribution in [0.15, 0.2) is 34.8 Å². The van der Waals surface area contributed by atoms with E-state index in [1.165, 1.54) is 6.20 Å². The fourth-order valence-corrected chi connectivity index (χ4v) is 7.11. The Morgan fingerprint density at radius 3 is 2.96 bits per heavy atom. The Balaban J connectivity index is 1.33. The zero-order valence-electron chi connectivity index (χ0n) is 13.8. The topological polar surface area (TPSA) is 72.4 Å². The van der Waals surface area contributed by atoms with Crippen LogP contribution < -0.4 is 0 Å². The number of hydrogen-bond donors (Lipinski definition) is 0. The maximum absolute atomic E-state index is 12.6. The van der Waals surface area contributed by atoms with Gasteiger partial charge in [-0.3, -0.25) is 4.98 Å². The molecule has 0 saturated carbocycles. The van der Waals surface area contributed by atoms with Gasteiger partial charge in [-0.05, 0) is 25.5 Å². The molecule has 0 radical (unpaired) electrons. The Morgan fingerprint density at radius 2 is 2.28 bits per heavy atom. The van der Waals surface area contributed by atoms with Gasteiger partial charge in [0.1, 0.15) is 4.90 Å². The number of pyridine rings is 1. The van der Waals surface area contributed by atoms with Gasteiger partial charge in [-0.25, -0.2) is 13.4 Å². The summed E-state index contributed by atoms with van der Waals surface area (Å²) in [7, 11) is -3.43. The van der Waals surface area contributed by atoms with E-state index >= 15 is 0 Å². The Bertz CT molecular complexity index is 848. The summed E-state index contributed by atoms with van der Waals surface area (Å²) in [5, 5.41) is 3.07. The molecular formula is C16H19N3O3S3. The first-order chi connectivity index (χ1) is 12.0. The van der Waals surface area contributed by atoms with E-state index in [2.05, 4.69) is 9.97 Å². The molecule has 1 atom stereocenters. The maximum atomic E-state index is 12.6. The molecule has 2 aliphatic heterocycles. The highest BCUT2D eigenvalue weighted by Gasteiger charge is 2.53. The molecule has 134 valence electrons. The van der Waals surface area contributed by atoms with Crippen molar-refractivity contribution in [3.8, 4) is 0 Å². The smallest absolute Gasteiger partial charge is 0.244 e. The lowest BCUT2D eigenvalue weighted by atomic mass is 9.95. The second-order valence-electron chi connectivity index (χ2n) is 6.45. The van der Waals surface area contributed by atoms with Crippen LogP contribution in [0.5, 0.6) is 0 Å². The zero-order valence-corrected chi connectivity index (χ0v) is 16.2. The van der Waals surface area contributed by atoms with Gasteiger partial charge in [0.05, 0.1) is 23.4 Å². The number of thioether (sulfide) groups is 1. The number of rotatable bonds is 5. The van der Waals surface area contributed by atoms with Crippen molar-refractivity contribution in [3.05, 3.63) is 40.6 Å². The number of thiazole rings is 1. The molecule has 4 heterocycles. The van der Waals surface area contributed by atoms with Gasteiger partial charge in [0, 0.05) is 41.4 Å². The van der Waals surface area contributed by atoms with Crippen LogP contribution in [-0.2, 0) is 21.4 Å². The van der Waals surface area contributed by atoms with Crippen LogP contribution in [0, 0.1) is 6.92 Å². The van der Waals surface area contributed by atoms with Crippen molar-refractivity contribution in [2.24, 2.45) is 0 Å². The predicted octanol–water partition coefficient (Wildman–Crippen LogP) is 2.31. The third-order valence-electron chi connectivity index (χ3n) is 4.51. The molecule has 0 bridgehead atoms. The van der Waals surface area contributed by atoms with Crippen LogP contribution in [0.1, 0.15) is 17.1 Å². The molecule has 2 fully saturated rings. The Morgan fingerprint density at radius 1 is 1.44 bits per heavy atom. The number of nitrogens with zero attached hydrogens (tertiary/aromatic N) is 3. The van der Waals surface area contributed by atoms with E-state index in [1.54, 1.807) is 34.0 Å². The molecule has 6 nitrogen and oxygen atoms in total. The molecule has 4 rings (SSSR count). The predicted molar refractivity (Wildman–Crippen MR) is 98.2 cm³/mol. The van der Waals surface area contributed by atoms with Crippen molar-refractivity contribution in [3.63, 3.8) is 0 Å². The number of ether oxygens (including phenoxy) is 1. The highest BCUT2D eigenvalue weighted by Crippen LogP contribution is 2.47. The molecule has 25 heavy (non-hydrogen) atoms. The van der Waals surface area contributed by atoms with Crippen LogP contribution in [0.2, 0.25) is 0 Å². The summed E-state index contributed by atoms with van der Waals surface area (Å²) in [5.41, 5.74) is 0.975. The molecule has 2 aromatic heterocycles. The third kappa shape index (κ3) is 3.48. The molecule has 1 unspecified atom stereocenters. The van der Waals surface area contributed by atoms with Crippen LogP contribution in [0.25, 0.3) is 0 Å². The third-order valence-corrected chi connectivity index (χ3v) is 8.68. The van der Waals surface area contributed by atoms with Crippen molar-refractivity contribution < 1.29 is 13.2 Å². The minimum absolute atomic E-state index is 0.00205. The largest absolute Gasteiger partial charge is 0.371 e. The number of sulfonamides is 1. The lowest BCUT2D eigenvalue weighted by molar-refractivity contribution is 0.0382. The van der Waals surface area contributed by atoms with Crippen molar-refractivity contribution in [1.29, 1.82) is 0 Å². The van der Waals surface area contributed by atoms with Gasteiger partial charge in [-0.1, -0.05) is 0 Å². The Labute approximate surface area is 155 Å². The van der Waals surface area contributed by atoms with Crippen molar-refractivity contribution >= 4 is 33.1 Å². The quantitative estimate of drug-likeness (QED) is 0.771. The van der Waals surface area contributed by atoms with Gasteiger partial charge in [-0.2, -0.15) is 4.31 Å². The first kappa shape index (κ1) is 17.4. The second kappa shape index (κ2) is 6.62. The molecule has 2 saturated heterocycles. The van der Waals surface area contributed by atoms with Gasteiger partial charge >= 0.3 is 0 Å². The summed E-state index contributed by atoms with van der Waals surface area (Å²) < 4.78 is 32.7. The fraction of sp³-hybridized carbons (Fsp3) is 0.500. The molecular weight excluding hydrogens is 378 g/mol. The molecule has 0 aliphatic carbocycles. The van der Waals surface area contributed by atoms with Crippen LogP contribution in [0.3, 0.4) is 0 Å². The highest BCUT2D eigenvalue weighted by atomic mass is 32.2. The molecule has 9 heteroatoms. The van der Waals surface area contributed by atoms with Gasteiger partial charge in [0.15, 0.2) is 0 Å². The van der Waals surface area contributed by atoms with Gasteiger partial charge in [-0.15, -0.1) is 23.1 Å². The summed E-state index contributed by atoms with van der Waals surface area (Å²) >= 11 is 3.46. The molecule has 0 N–H and O–H groups in total.